The number of carbonyl (C=O) groups excluding carboxylic acids is 1. The van der Waals surface area contributed by atoms with Crippen molar-refractivity contribution in [2.75, 3.05) is 44.0 Å². The van der Waals surface area contributed by atoms with Crippen LogP contribution in [0.1, 0.15) is 18.4 Å². The molecule has 1 saturated heterocycles. The van der Waals surface area contributed by atoms with Crippen LogP contribution < -0.4 is 15.0 Å². The van der Waals surface area contributed by atoms with E-state index in [9.17, 15) is 4.79 Å². The summed E-state index contributed by atoms with van der Waals surface area (Å²) in [4.78, 5) is 22.0. The Morgan fingerprint density at radius 2 is 1.91 bits per heavy atom. The van der Waals surface area contributed by atoms with Gasteiger partial charge in [-0.1, -0.05) is 23.2 Å². The summed E-state index contributed by atoms with van der Waals surface area (Å²) in [5.74, 6) is 1.16. The lowest BCUT2D eigenvalue weighted by atomic mass is 10.0. The number of pyridine rings is 1. The topological polar surface area (TPSA) is 57.7 Å². The Balaban J connectivity index is 1.42. The Labute approximate surface area is 204 Å². The summed E-state index contributed by atoms with van der Waals surface area (Å²) < 4.78 is 5.52. The molecule has 6 nitrogen and oxygen atoms in total. The number of hydrogen-bond donors (Lipinski definition) is 1. The van der Waals surface area contributed by atoms with Crippen LogP contribution in [0.15, 0.2) is 42.5 Å². The Morgan fingerprint density at radius 1 is 1.15 bits per heavy atom. The normalized spacial score (nSPS) is 14.7. The van der Waals surface area contributed by atoms with Gasteiger partial charge < -0.3 is 19.9 Å². The molecule has 2 aromatic carbocycles. The van der Waals surface area contributed by atoms with Gasteiger partial charge >= 0.3 is 0 Å². The largest absolute Gasteiger partial charge is 0.482 e. The Hall–Kier alpha value is -2.54. The molecule has 4 rings (SSSR count). The number of anilines is 2. The van der Waals surface area contributed by atoms with Crippen molar-refractivity contribution in [1.29, 1.82) is 0 Å². The number of rotatable bonds is 6. The van der Waals surface area contributed by atoms with Crippen molar-refractivity contribution < 1.29 is 9.53 Å². The zero-order valence-electron chi connectivity index (χ0n) is 19.1. The molecule has 0 radical (unpaired) electrons. The van der Waals surface area contributed by atoms with Gasteiger partial charge in [-0.3, -0.25) is 4.79 Å². The monoisotopic (exact) mass is 486 g/mol. The van der Waals surface area contributed by atoms with Crippen molar-refractivity contribution >= 4 is 51.5 Å². The molecule has 1 amide bonds. The van der Waals surface area contributed by atoms with E-state index in [1.165, 1.54) is 0 Å². The van der Waals surface area contributed by atoms with Gasteiger partial charge in [0.05, 0.1) is 10.5 Å². The molecule has 8 heteroatoms. The van der Waals surface area contributed by atoms with Crippen LogP contribution in [0.2, 0.25) is 10.0 Å². The number of halogens is 2. The molecule has 0 bridgehead atoms. The maximum Gasteiger partial charge on any atom is 0.262 e. The van der Waals surface area contributed by atoms with E-state index in [1.807, 2.05) is 18.2 Å². The van der Waals surface area contributed by atoms with Crippen molar-refractivity contribution in [1.82, 2.24) is 9.88 Å². The summed E-state index contributed by atoms with van der Waals surface area (Å²) in [5, 5.41) is 4.77. The first-order valence-electron chi connectivity index (χ1n) is 11.0. The van der Waals surface area contributed by atoms with Crippen molar-refractivity contribution in [2.24, 2.45) is 0 Å². The number of amides is 1. The van der Waals surface area contributed by atoms with Crippen molar-refractivity contribution in [2.45, 2.75) is 25.8 Å². The summed E-state index contributed by atoms with van der Waals surface area (Å²) in [5.41, 5.74) is 2.75. The van der Waals surface area contributed by atoms with Gasteiger partial charge in [0, 0.05) is 35.2 Å². The highest BCUT2D eigenvalue weighted by molar-refractivity contribution is 6.35. The van der Waals surface area contributed by atoms with Crippen molar-refractivity contribution in [3.05, 3.63) is 58.1 Å². The lowest BCUT2D eigenvalue weighted by Crippen LogP contribution is -2.42. The molecule has 3 aromatic rings. The number of aryl methyl sites for hydroxylation is 1. The van der Waals surface area contributed by atoms with Gasteiger partial charge in [-0.05, 0) is 81.9 Å². The highest BCUT2D eigenvalue weighted by Crippen LogP contribution is 2.29. The van der Waals surface area contributed by atoms with Crippen LogP contribution in [0, 0.1) is 6.92 Å². The van der Waals surface area contributed by atoms with E-state index in [0.717, 1.165) is 48.2 Å². The second-order valence-corrected chi connectivity index (χ2v) is 9.47. The Morgan fingerprint density at radius 3 is 2.61 bits per heavy atom. The second kappa shape index (κ2) is 10.2. The highest BCUT2D eigenvalue weighted by Gasteiger charge is 2.22. The van der Waals surface area contributed by atoms with E-state index < -0.39 is 0 Å². The van der Waals surface area contributed by atoms with E-state index in [2.05, 4.69) is 42.2 Å². The fourth-order valence-corrected chi connectivity index (χ4v) is 4.62. The average molecular weight is 487 g/mol. The first kappa shape index (κ1) is 23.6. The van der Waals surface area contributed by atoms with Gasteiger partial charge in [-0.25, -0.2) is 4.98 Å². The minimum absolute atomic E-state index is 0.154. The molecule has 0 aliphatic carbocycles. The zero-order chi connectivity index (χ0) is 23.5. The zero-order valence-corrected chi connectivity index (χ0v) is 20.6. The molecule has 33 heavy (non-hydrogen) atoms. The van der Waals surface area contributed by atoms with Gasteiger partial charge in [0.25, 0.3) is 5.91 Å². The molecular formula is C25H28Cl2N4O2. The summed E-state index contributed by atoms with van der Waals surface area (Å²) in [6, 6.07) is 13.4. The smallest absolute Gasteiger partial charge is 0.262 e. The summed E-state index contributed by atoms with van der Waals surface area (Å²) >= 11 is 12.0. The van der Waals surface area contributed by atoms with Crippen LogP contribution in [0.4, 0.5) is 11.5 Å². The van der Waals surface area contributed by atoms with Gasteiger partial charge in [0.15, 0.2) is 6.61 Å². The number of fused-ring (bicyclic) bond motifs is 1. The van der Waals surface area contributed by atoms with Crippen LogP contribution in [0.5, 0.6) is 5.75 Å². The third-order valence-corrected chi connectivity index (χ3v) is 6.59. The number of nitrogens with one attached hydrogen (secondary N) is 1. The predicted octanol–water partition coefficient (Wildman–Crippen LogP) is 5.40. The first-order chi connectivity index (χ1) is 15.8. The van der Waals surface area contributed by atoms with E-state index in [-0.39, 0.29) is 12.5 Å². The van der Waals surface area contributed by atoms with Gasteiger partial charge in [-0.2, -0.15) is 0 Å². The van der Waals surface area contributed by atoms with Gasteiger partial charge in [0.1, 0.15) is 11.6 Å². The lowest BCUT2D eigenvalue weighted by molar-refractivity contribution is -0.118. The molecule has 0 atom stereocenters. The maximum atomic E-state index is 12.4. The fraction of sp³-hybridized carbons (Fsp3) is 0.360. The fourth-order valence-electron chi connectivity index (χ4n) is 4.16. The Bertz CT molecular complexity index is 1160. The van der Waals surface area contributed by atoms with E-state index in [1.54, 1.807) is 18.2 Å². The van der Waals surface area contributed by atoms with Crippen LogP contribution in [-0.4, -0.2) is 55.6 Å². The number of piperidine rings is 1. The predicted molar refractivity (Wildman–Crippen MR) is 136 cm³/mol. The van der Waals surface area contributed by atoms with Gasteiger partial charge in [0.2, 0.25) is 0 Å². The molecule has 1 aliphatic rings. The third-order valence-electron chi connectivity index (χ3n) is 6.06. The van der Waals surface area contributed by atoms with Crippen LogP contribution in [0.25, 0.3) is 10.9 Å². The summed E-state index contributed by atoms with van der Waals surface area (Å²) in [6.07, 6.45) is 2.28. The number of hydrogen-bond acceptors (Lipinski definition) is 5. The molecule has 1 N–H and O–H groups in total. The minimum atomic E-state index is -0.272. The van der Waals surface area contributed by atoms with Crippen LogP contribution in [-0.2, 0) is 4.79 Å². The van der Waals surface area contributed by atoms with Crippen molar-refractivity contribution in [3.63, 3.8) is 0 Å². The first-order valence-corrected chi connectivity index (χ1v) is 11.8. The molecule has 174 valence electrons. The molecular weight excluding hydrogens is 459 g/mol. The average Bonchev–Trinajstić information content (AvgIpc) is 2.79. The third kappa shape index (κ3) is 5.69. The van der Waals surface area contributed by atoms with Crippen LogP contribution >= 0.6 is 23.2 Å². The Kier molecular flexibility index (Phi) is 7.27. The van der Waals surface area contributed by atoms with Crippen molar-refractivity contribution in [3.8, 4) is 5.75 Å². The van der Waals surface area contributed by atoms with E-state index in [4.69, 9.17) is 32.9 Å². The molecule has 0 saturated carbocycles. The lowest BCUT2D eigenvalue weighted by Gasteiger charge is -2.36. The van der Waals surface area contributed by atoms with E-state index in [0.29, 0.717) is 27.5 Å². The summed E-state index contributed by atoms with van der Waals surface area (Å²) in [7, 11) is 4.29. The number of aromatic nitrogens is 1. The molecule has 1 fully saturated rings. The number of ether oxygens (including phenoxy) is 1. The standard InChI is InChI=1S/C25H28Cl2N4O2/c1-16-12-24(31-10-8-19(9-11-31)30(2)3)29-22-6-5-18(14-20(16)22)28-25(32)15-33-23-7-4-17(26)13-21(23)27/h4-7,12-14,19H,8-11,15H2,1-3H3,(H,28,32). The molecule has 2 heterocycles. The number of benzene rings is 2. The highest BCUT2D eigenvalue weighted by atomic mass is 35.5. The second-order valence-electron chi connectivity index (χ2n) is 8.62. The molecule has 1 aliphatic heterocycles. The van der Waals surface area contributed by atoms with Gasteiger partial charge in [-0.15, -0.1) is 0 Å². The SMILES string of the molecule is Cc1cc(N2CCC(N(C)C)CC2)nc2ccc(NC(=O)COc3ccc(Cl)cc3Cl)cc12. The number of carbonyl (C=O) groups is 1. The van der Waals surface area contributed by atoms with Crippen LogP contribution in [0.3, 0.4) is 0 Å². The molecule has 1 aromatic heterocycles. The quantitative estimate of drug-likeness (QED) is 0.505. The molecule has 0 spiro atoms. The minimum Gasteiger partial charge on any atom is -0.482 e. The maximum absolute atomic E-state index is 12.4. The summed E-state index contributed by atoms with van der Waals surface area (Å²) in [6.45, 7) is 3.94. The molecule has 0 unspecified atom stereocenters. The van der Waals surface area contributed by atoms with E-state index >= 15 is 0 Å². The number of nitrogens with zero attached hydrogens (tertiary/aromatic N) is 3.